The van der Waals surface area contributed by atoms with Crippen molar-refractivity contribution >= 4 is 34.9 Å². The molecule has 5 rings (SSSR count). The zero-order valence-corrected chi connectivity index (χ0v) is 21.4. The molecule has 2 aliphatic heterocycles. The van der Waals surface area contributed by atoms with E-state index in [0.29, 0.717) is 47.6 Å². The molecule has 3 heterocycles. The van der Waals surface area contributed by atoms with Crippen molar-refractivity contribution in [3.8, 4) is 12.1 Å². The quantitative estimate of drug-likeness (QED) is 0.589. The third-order valence-electron chi connectivity index (χ3n) is 7.61. The number of benzene rings is 1. The first-order valence-corrected chi connectivity index (χ1v) is 12.6. The van der Waals surface area contributed by atoms with Gasteiger partial charge in [0.25, 0.3) is 5.91 Å². The molecule has 198 valence electrons. The van der Waals surface area contributed by atoms with Gasteiger partial charge < -0.3 is 19.9 Å². The van der Waals surface area contributed by atoms with E-state index in [9.17, 15) is 23.6 Å². The van der Waals surface area contributed by atoms with Crippen molar-refractivity contribution in [2.45, 2.75) is 43.6 Å². The molecule has 12 heteroatoms. The van der Waals surface area contributed by atoms with Gasteiger partial charge in [-0.2, -0.15) is 15.2 Å². The van der Waals surface area contributed by atoms with Crippen LogP contribution in [0.15, 0.2) is 24.5 Å². The van der Waals surface area contributed by atoms with Crippen molar-refractivity contribution in [3.63, 3.8) is 0 Å². The maximum Gasteiger partial charge on any atom is 0.318 e. The van der Waals surface area contributed by atoms with Gasteiger partial charge in [0.15, 0.2) is 11.6 Å². The Morgan fingerprint density at radius 1 is 1.39 bits per heavy atom. The lowest BCUT2D eigenvalue weighted by Gasteiger charge is -2.44. The summed E-state index contributed by atoms with van der Waals surface area (Å²) < 4.78 is 33.9. The first kappa shape index (κ1) is 25.9. The number of halogens is 3. The van der Waals surface area contributed by atoms with Crippen LogP contribution in [0.3, 0.4) is 0 Å². The second-order valence-electron chi connectivity index (χ2n) is 9.68. The molecule has 1 fully saturated rings. The molecular weight excluding hydrogens is 518 g/mol. The lowest BCUT2D eigenvalue weighted by atomic mass is 9.65. The summed E-state index contributed by atoms with van der Waals surface area (Å²) >= 11 is 6.03. The lowest BCUT2D eigenvalue weighted by molar-refractivity contribution is -0.131. The van der Waals surface area contributed by atoms with Gasteiger partial charge in [0.2, 0.25) is 5.91 Å². The molecule has 3 aliphatic rings. The third-order valence-corrected chi connectivity index (χ3v) is 7.91. The van der Waals surface area contributed by atoms with Gasteiger partial charge in [-0.1, -0.05) is 24.2 Å². The molecule has 2 aromatic rings. The number of piperazine rings is 1. The first-order chi connectivity index (χ1) is 18.2. The molecule has 2 amide bonds. The largest absolute Gasteiger partial charge is 0.467 e. The number of carbonyl (C=O) groups excluding carboxylic acids is 2. The molecule has 1 spiro atoms. The Balaban J connectivity index is 1.54. The van der Waals surface area contributed by atoms with Crippen LogP contribution in [0.5, 0.6) is 6.01 Å². The normalized spacial score (nSPS) is 22.3. The molecule has 2 atom stereocenters. The highest BCUT2D eigenvalue weighted by molar-refractivity contribution is 6.30. The predicted octanol–water partition coefficient (Wildman–Crippen LogP) is 3.46. The van der Waals surface area contributed by atoms with Crippen molar-refractivity contribution in [3.05, 3.63) is 52.2 Å². The minimum Gasteiger partial charge on any atom is -0.467 e. The van der Waals surface area contributed by atoms with E-state index in [0.717, 1.165) is 0 Å². The summed E-state index contributed by atoms with van der Waals surface area (Å²) in [5.74, 6) is -2.37. The summed E-state index contributed by atoms with van der Waals surface area (Å²) in [4.78, 5) is 38.2. The van der Waals surface area contributed by atoms with Gasteiger partial charge in [0.1, 0.15) is 11.5 Å². The summed E-state index contributed by atoms with van der Waals surface area (Å²) in [7, 11) is 1.43. The van der Waals surface area contributed by atoms with Crippen molar-refractivity contribution in [1.29, 1.82) is 5.26 Å². The van der Waals surface area contributed by atoms with Crippen LogP contribution < -0.4 is 15.0 Å². The van der Waals surface area contributed by atoms with Crippen LogP contribution in [0.2, 0.25) is 5.02 Å². The molecular formula is C26H25ClF2N6O3. The molecule has 9 nitrogen and oxygen atoms in total. The second-order valence-corrected chi connectivity index (χ2v) is 10.1. The van der Waals surface area contributed by atoms with Crippen molar-refractivity contribution in [2.75, 3.05) is 37.0 Å². The SMILES string of the molecule is C=C(F)C(=O)N1CCN(c2nc(OC)nc3c2NC(=O)C2(CCCc4c2ccc(Cl)c4F)C3)CC1CC#N. The lowest BCUT2D eigenvalue weighted by Crippen LogP contribution is -2.56. The Labute approximate surface area is 223 Å². The van der Waals surface area contributed by atoms with Crippen molar-refractivity contribution < 1.29 is 23.1 Å². The average molecular weight is 543 g/mol. The number of amides is 2. The second kappa shape index (κ2) is 9.83. The monoisotopic (exact) mass is 542 g/mol. The smallest absolute Gasteiger partial charge is 0.318 e. The first-order valence-electron chi connectivity index (χ1n) is 12.2. The van der Waals surface area contributed by atoms with Crippen LogP contribution in [-0.2, 0) is 27.8 Å². The zero-order chi connectivity index (χ0) is 27.2. The molecule has 0 radical (unpaired) electrons. The number of methoxy groups -OCH3 is 1. The Morgan fingerprint density at radius 3 is 2.89 bits per heavy atom. The van der Waals surface area contributed by atoms with E-state index in [1.165, 1.54) is 18.1 Å². The fourth-order valence-electron chi connectivity index (χ4n) is 5.80. The van der Waals surface area contributed by atoms with Gasteiger partial charge in [-0.05, 0) is 36.5 Å². The molecule has 0 bridgehead atoms. The number of nitriles is 1. The molecule has 1 aromatic carbocycles. The molecule has 38 heavy (non-hydrogen) atoms. The maximum atomic E-state index is 14.9. The van der Waals surface area contributed by atoms with Crippen LogP contribution in [0.4, 0.5) is 20.3 Å². The number of carbonyl (C=O) groups is 2. The van der Waals surface area contributed by atoms with Crippen LogP contribution in [-0.4, -0.2) is 59.5 Å². The molecule has 1 N–H and O–H groups in total. The zero-order valence-electron chi connectivity index (χ0n) is 20.7. The number of hydrogen-bond acceptors (Lipinski definition) is 7. The van der Waals surface area contributed by atoms with E-state index in [-0.39, 0.29) is 49.4 Å². The molecule has 1 saturated heterocycles. The van der Waals surface area contributed by atoms with Gasteiger partial charge in [-0.3, -0.25) is 9.59 Å². The maximum absolute atomic E-state index is 14.9. The predicted molar refractivity (Wildman–Crippen MR) is 135 cm³/mol. The fourth-order valence-corrected chi connectivity index (χ4v) is 5.98. The average Bonchev–Trinajstić information content (AvgIpc) is 2.91. The topological polar surface area (TPSA) is 111 Å². The number of aromatic nitrogens is 2. The number of rotatable bonds is 4. The van der Waals surface area contributed by atoms with E-state index >= 15 is 0 Å². The van der Waals surface area contributed by atoms with E-state index < -0.39 is 29.0 Å². The standard InChI is InChI=1S/C26H25ClF2N6O3/c1-14(28)23(36)35-11-10-34(13-15(35)7-9-30)22-21-19(31-25(33-22)38-2)12-26(24(37)32-21)8-3-4-16-17(26)5-6-18(27)20(16)29/h5-6,15H,1,3-4,7-8,10-13H2,2H3,(H,32,37). The van der Waals surface area contributed by atoms with Gasteiger partial charge in [-0.25, -0.2) is 8.78 Å². The van der Waals surface area contributed by atoms with Crippen molar-refractivity contribution in [2.24, 2.45) is 0 Å². The van der Waals surface area contributed by atoms with Crippen LogP contribution in [0.25, 0.3) is 0 Å². The van der Waals surface area contributed by atoms with Gasteiger partial charge in [-0.15, -0.1) is 0 Å². The van der Waals surface area contributed by atoms with Gasteiger partial charge in [0, 0.05) is 26.1 Å². The fraction of sp³-hybridized carbons (Fsp3) is 0.423. The highest BCUT2D eigenvalue weighted by Gasteiger charge is 2.49. The van der Waals surface area contributed by atoms with E-state index in [1.807, 2.05) is 11.0 Å². The minimum atomic E-state index is -1.09. The molecule has 2 unspecified atom stereocenters. The Bertz CT molecular complexity index is 1400. The molecule has 1 aromatic heterocycles. The molecule has 0 saturated carbocycles. The minimum absolute atomic E-state index is 0.0181. The number of nitrogens with zero attached hydrogens (tertiary/aromatic N) is 5. The van der Waals surface area contributed by atoms with E-state index in [4.69, 9.17) is 16.3 Å². The third kappa shape index (κ3) is 4.13. The highest BCUT2D eigenvalue weighted by atomic mass is 35.5. The van der Waals surface area contributed by atoms with Crippen LogP contribution >= 0.6 is 11.6 Å². The summed E-state index contributed by atoms with van der Waals surface area (Å²) in [6, 6.07) is 4.69. The number of anilines is 2. The Morgan fingerprint density at radius 2 is 2.18 bits per heavy atom. The number of hydrogen-bond donors (Lipinski definition) is 1. The molecule has 1 aliphatic carbocycles. The highest BCUT2D eigenvalue weighted by Crippen LogP contribution is 2.47. The number of ether oxygens (including phenoxy) is 1. The summed E-state index contributed by atoms with van der Waals surface area (Å²) in [6.45, 7) is 3.65. The summed E-state index contributed by atoms with van der Waals surface area (Å²) in [5, 5.41) is 12.3. The summed E-state index contributed by atoms with van der Waals surface area (Å²) in [6.07, 6.45) is 1.77. The number of fused-ring (bicyclic) bond motifs is 3. The van der Waals surface area contributed by atoms with Crippen molar-refractivity contribution in [1.82, 2.24) is 14.9 Å². The van der Waals surface area contributed by atoms with Crippen LogP contribution in [0, 0.1) is 17.1 Å². The van der Waals surface area contributed by atoms with Gasteiger partial charge in [0.05, 0.1) is 41.8 Å². The van der Waals surface area contributed by atoms with Crippen LogP contribution in [0.1, 0.15) is 36.1 Å². The van der Waals surface area contributed by atoms with Gasteiger partial charge >= 0.3 is 6.01 Å². The summed E-state index contributed by atoms with van der Waals surface area (Å²) in [5.41, 5.74) is 0.938. The van der Waals surface area contributed by atoms with E-state index in [1.54, 1.807) is 6.07 Å². The van der Waals surface area contributed by atoms with E-state index in [2.05, 4.69) is 21.9 Å². The number of nitrogens with one attached hydrogen (secondary N) is 1. The Kier molecular flexibility index (Phi) is 6.69. The Hall–Kier alpha value is -3.78.